The predicted molar refractivity (Wildman–Crippen MR) is 126 cm³/mol. The van der Waals surface area contributed by atoms with Crippen LogP contribution in [-0.2, 0) is 22.7 Å². The number of hydrogen-bond donors (Lipinski definition) is 0. The third-order valence-electron chi connectivity index (χ3n) is 4.98. The summed E-state index contributed by atoms with van der Waals surface area (Å²) in [7, 11) is 3.34. The first-order valence-electron chi connectivity index (χ1n) is 10.8. The molecule has 0 bridgehead atoms. The van der Waals surface area contributed by atoms with Gasteiger partial charge in [-0.2, -0.15) is 0 Å². The quantitative estimate of drug-likeness (QED) is 0.245. The molecule has 0 N–H and O–H groups in total. The first-order valence-corrected chi connectivity index (χ1v) is 10.8. The third kappa shape index (κ3) is 6.67. The molecule has 172 valence electrons. The van der Waals surface area contributed by atoms with E-state index in [9.17, 15) is 9.59 Å². The van der Waals surface area contributed by atoms with E-state index in [4.69, 9.17) is 14.2 Å². The monoisotopic (exact) mass is 447 g/mol. The molecule has 0 heterocycles. The van der Waals surface area contributed by atoms with Gasteiger partial charge in [0.2, 0.25) is 0 Å². The lowest BCUT2D eigenvalue weighted by Crippen LogP contribution is -2.43. The van der Waals surface area contributed by atoms with Gasteiger partial charge in [-0.15, -0.1) is 0 Å². The van der Waals surface area contributed by atoms with Crippen molar-refractivity contribution in [2.75, 3.05) is 20.7 Å². The van der Waals surface area contributed by atoms with Crippen LogP contribution < -0.4 is 9.47 Å². The molecule has 0 spiro atoms. The van der Waals surface area contributed by atoms with E-state index in [1.54, 1.807) is 44.1 Å². The van der Waals surface area contributed by atoms with Crippen LogP contribution in [0, 0.1) is 0 Å². The molecule has 0 radical (unpaired) electrons. The van der Waals surface area contributed by atoms with Crippen LogP contribution in [0.4, 0.5) is 0 Å². The number of ketones is 1. The minimum atomic E-state index is -1.04. The minimum absolute atomic E-state index is 0.203. The molecule has 0 amide bonds. The Morgan fingerprint density at radius 2 is 1.33 bits per heavy atom. The Balaban J connectivity index is 1.86. The van der Waals surface area contributed by atoms with E-state index in [1.807, 2.05) is 60.7 Å². The molecule has 0 aromatic heterocycles. The first kappa shape index (κ1) is 24.0. The van der Waals surface area contributed by atoms with E-state index < -0.39 is 12.0 Å². The number of hydrogen-bond acceptors (Lipinski definition) is 6. The van der Waals surface area contributed by atoms with Crippen LogP contribution in [0.25, 0.3) is 0 Å². The molecule has 1 unspecified atom stereocenters. The second kappa shape index (κ2) is 11.8. The van der Waals surface area contributed by atoms with Crippen molar-refractivity contribution in [3.8, 4) is 11.5 Å². The molecule has 3 rings (SSSR count). The van der Waals surface area contributed by atoms with Gasteiger partial charge >= 0.3 is 5.97 Å². The van der Waals surface area contributed by atoms with Crippen molar-refractivity contribution in [3.05, 3.63) is 95.6 Å². The van der Waals surface area contributed by atoms with Crippen molar-refractivity contribution in [3.63, 3.8) is 0 Å². The maximum atomic E-state index is 13.2. The Labute approximate surface area is 194 Å². The molecule has 0 aliphatic heterocycles. The van der Waals surface area contributed by atoms with Crippen LogP contribution >= 0.6 is 0 Å². The Bertz CT molecular complexity index is 1050. The van der Waals surface area contributed by atoms with Crippen LogP contribution in [0.1, 0.15) is 28.4 Å². The number of ether oxygens (including phenoxy) is 3. The number of likely N-dealkylation sites (N-methyl/N-ethyl adjacent to an activating group) is 1. The summed E-state index contributed by atoms with van der Waals surface area (Å²) in [4.78, 5) is 27.1. The molecule has 6 heteroatoms. The zero-order valence-corrected chi connectivity index (χ0v) is 19.2. The summed E-state index contributed by atoms with van der Waals surface area (Å²) in [5.41, 5.74) is 2.35. The maximum Gasteiger partial charge on any atom is 0.331 e. The van der Waals surface area contributed by atoms with E-state index in [1.165, 1.54) is 0 Å². The molecule has 0 fully saturated rings. The summed E-state index contributed by atoms with van der Waals surface area (Å²) in [6.45, 7) is 2.59. The maximum absolute atomic E-state index is 13.2. The van der Waals surface area contributed by atoms with Crippen LogP contribution in [0.3, 0.4) is 0 Å². The largest absolute Gasteiger partial charge is 0.485 e. The van der Waals surface area contributed by atoms with Crippen molar-refractivity contribution >= 4 is 11.8 Å². The highest BCUT2D eigenvalue weighted by atomic mass is 16.5. The molecule has 0 saturated carbocycles. The second-order valence-corrected chi connectivity index (χ2v) is 7.69. The van der Waals surface area contributed by atoms with Crippen LogP contribution in [-0.4, -0.2) is 43.4 Å². The van der Waals surface area contributed by atoms with Gasteiger partial charge < -0.3 is 14.2 Å². The van der Waals surface area contributed by atoms with Crippen LogP contribution in [0.5, 0.6) is 11.5 Å². The summed E-state index contributed by atoms with van der Waals surface area (Å²) >= 11 is 0. The molecular weight excluding hydrogens is 418 g/mol. The zero-order valence-electron chi connectivity index (χ0n) is 19.2. The van der Waals surface area contributed by atoms with Crippen molar-refractivity contribution in [1.82, 2.24) is 4.90 Å². The standard InChI is InChI=1S/C27H29NO5/c1-4-31-27(30)25(28(2)3)26(29)22-15-16-23(32-18-20-11-7-5-8-12-20)24(17-22)33-19-21-13-9-6-10-14-21/h5-17,25H,4,18-19H2,1-3H3. The SMILES string of the molecule is CCOC(=O)C(C(=O)c1ccc(OCc2ccccc2)c(OCc2ccccc2)c1)N(C)C. The van der Waals surface area contributed by atoms with Gasteiger partial charge in [0.1, 0.15) is 13.2 Å². The summed E-state index contributed by atoms with van der Waals surface area (Å²) in [6, 6.07) is 23.5. The van der Waals surface area contributed by atoms with Gasteiger partial charge in [0.25, 0.3) is 0 Å². The van der Waals surface area contributed by atoms with Gasteiger partial charge in [-0.05, 0) is 50.3 Å². The summed E-state index contributed by atoms with van der Waals surface area (Å²) in [5, 5.41) is 0. The molecule has 1 atom stereocenters. The fourth-order valence-corrected chi connectivity index (χ4v) is 3.30. The highest BCUT2D eigenvalue weighted by Crippen LogP contribution is 2.31. The van der Waals surface area contributed by atoms with Crippen molar-refractivity contribution < 1.29 is 23.8 Å². The lowest BCUT2D eigenvalue weighted by molar-refractivity contribution is -0.146. The van der Waals surface area contributed by atoms with E-state index >= 15 is 0 Å². The number of benzene rings is 3. The molecule has 33 heavy (non-hydrogen) atoms. The normalized spacial score (nSPS) is 11.6. The minimum Gasteiger partial charge on any atom is -0.485 e. The first-order chi connectivity index (χ1) is 16.0. The predicted octanol–water partition coefficient (Wildman–Crippen LogP) is 4.52. The van der Waals surface area contributed by atoms with E-state index in [-0.39, 0.29) is 12.4 Å². The number of carbonyl (C=O) groups is 2. The van der Waals surface area contributed by atoms with Crippen LogP contribution in [0.2, 0.25) is 0 Å². The smallest absolute Gasteiger partial charge is 0.331 e. The summed E-state index contributed by atoms with van der Waals surface area (Å²) in [6.07, 6.45) is 0. The molecule has 0 aliphatic carbocycles. The summed E-state index contributed by atoms with van der Waals surface area (Å²) in [5.74, 6) is 0.00662. The number of esters is 1. The van der Waals surface area contributed by atoms with E-state index in [0.717, 1.165) is 11.1 Å². The van der Waals surface area contributed by atoms with Gasteiger partial charge in [0, 0.05) is 5.56 Å². The Hall–Kier alpha value is -3.64. The molecule has 3 aromatic rings. The van der Waals surface area contributed by atoms with Gasteiger partial charge in [0.05, 0.1) is 6.61 Å². The van der Waals surface area contributed by atoms with Gasteiger partial charge in [-0.25, -0.2) is 4.79 Å². The molecule has 0 aliphatic rings. The number of Topliss-reactive ketones (excluding diaryl/α,β-unsaturated/α-hetero) is 1. The zero-order chi connectivity index (χ0) is 23.6. The highest BCUT2D eigenvalue weighted by molar-refractivity contribution is 6.12. The van der Waals surface area contributed by atoms with Crippen molar-refractivity contribution in [2.45, 2.75) is 26.2 Å². The fraction of sp³-hybridized carbons (Fsp3) is 0.259. The molecule has 3 aromatic carbocycles. The van der Waals surface area contributed by atoms with E-state index in [0.29, 0.717) is 30.3 Å². The van der Waals surface area contributed by atoms with Crippen LogP contribution in [0.15, 0.2) is 78.9 Å². The molecule has 0 saturated heterocycles. The second-order valence-electron chi connectivity index (χ2n) is 7.69. The Kier molecular flexibility index (Phi) is 8.61. The van der Waals surface area contributed by atoms with Gasteiger partial charge in [-0.1, -0.05) is 60.7 Å². The lowest BCUT2D eigenvalue weighted by atomic mass is 10.0. The van der Waals surface area contributed by atoms with Gasteiger partial charge in [0.15, 0.2) is 23.3 Å². The third-order valence-corrected chi connectivity index (χ3v) is 4.98. The van der Waals surface area contributed by atoms with Crippen molar-refractivity contribution in [2.24, 2.45) is 0 Å². The lowest BCUT2D eigenvalue weighted by Gasteiger charge is -2.22. The Morgan fingerprint density at radius 1 is 0.788 bits per heavy atom. The topological polar surface area (TPSA) is 65.1 Å². The van der Waals surface area contributed by atoms with E-state index in [2.05, 4.69) is 0 Å². The highest BCUT2D eigenvalue weighted by Gasteiger charge is 2.31. The van der Waals surface area contributed by atoms with Crippen molar-refractivity contribution in [1.29, 1.82) is 0 Å². The Morgan fingerprint density at radius 3 is 1.85 bits per heavy atom. The average molecular weight is 448 g/mol. The molecular formula is C27H29NO5. The fourth-order valence-electron chi connectivity index (χ4n) is 3.30. The summed E-state index contributed by atoms with van der Waals surface area (Å²) < 4.78 is 17.1. The number of rotatable bonds is 11. The number of carbonyl (C=O) groups excluding carboxylic acids is 2. The average Bonchev–Trinajstić information content (AvgIpc) is 2.83. The van der Waals surface area contributed by atoms with Gasteiger partial charge in [-0.3, -0.25) is 9.69 Å². The number of nitrogens with zero attached hydrogens (tertiary/aromatic N) is 1. The molecule has 6 nitrogen and oxygen atoms in total.